The maximum absolute atomic E-state index is 13.0. The highest BCUT2D eigenvalue weighted by Crippen LogP contribution is 2.26. The van der Waals surface area contributed by atoms with Gasteiger partial charge in [0.15, 0.2) is 5.16 Å². The first-order valence-electron chi connectivity index (χ1n) is 10.00. The molecule has 1 unspecified atom stereocenters. The van der Waals surface area contributed by atoms with Crippen molar-refractivity contribution in [1.29, 1.82) is 0 Å². The number of hydrogen-bond acceptors (Lipinski definition) is 6. The molecule has 1 amide bonds. The molecule has 0 aliphatic rings. The van der Waals surface area contributed by atoms with Crippen molar-refractivity contribution in [3.05, 3.63) is 58.9 Å². The molecule has 11 heteroatoms. The van der Waals surface area contributed by atoms with Crippen LogP contribution in [-0.4, -0.2) is 40.8 Å². The van der Waals surface area contributed by atoms with Crippen LogP contribution in [0.1, 0.15) is 13.3 Å². The Kier molecular flexibility index (Phi) is 7.98. The molecule has 3 aromatic rings. The summed E-state index contributed by atoms with van der Waals surface area (Å²) < 4.78 is 47.3. The van der Waals surface area contributed by atoms with Crippen LogP contribution in [0.2, 0.25) is 0 Å². The number of nitrogens with one attached hydrogen (secondary N) is 1. The van der Waals surface area contributed by atoms with Crippen molar-refractivity contribution >= 4 is 34.3 Å². The summed E-state index contributed by atoms with van der Waals surface area (Å²) in [5, 5.41) is 2.88. The van der Waals surface area contributed by atoms with Gasteiger partial charge in [-0.15, -0.1) is 13.2 Å². The lowest BCUT2D eigenvalue weighted by Gasteiger charge is -2.16. The van der Waals surface area contributed by atoms with Crippen LogP contribution in [0, 0.1) is 0 Å². The number of amides is 1. The predicted octanol–water partition coefficient (Wildman–Crippen LogP) is 4.45. The summed E-state index contributed by atoms with van der Waals surface area (Å²) in [4.78, 5) is 30.2. The van der Waals surface area contributed by atoms with Gasteiger partial charge >= 0.3 is 6.36 Å². The van der Waals surface area contributed by atoms with E-state index in [4.69, 9.17) is 4.74 Å². The zero-order valence-corrected chi connectivity index (χ0v) is 18.7. The second-order valence-electron chi connectivity index (χ2n) is 7.04. The van der Waals surface area contributed by atoms with Gasteiger partial charge in [-0.05, 0) is 49.7 Å². The number of para-hydroxylation sites is 1. The predicted molar refractivity (Wildman–Crippen MR) is 120 cm³/mol. The highest BCUT2D eigenvalue weighted by Gasteiger charge is 2.31. The molecule has 0 aliphatic heterocycles. The molecule has 0 bridgehead atoms. The standard InChI is InChI=1S/C22H22F3N3O4S/c1-14(19(29)26-15-8-10-16(11-9-15)32-22(23,24)25)33-21-27-18-7-4-3-6-17(18)20(30)28(21)12-5-13-31-2/h3-4,6-11,14H,5,12-13H2,1-2H3,(H,26,29). The van der Waals surface area contributed by atoms with Gasteiger partial charge in [-0.25, -0.2) is 4.98 Å². The second-order valence-corrected chi connectivity index (χ2v) is 8.34. The number of carbonyl (C=O) groups excluding carboxylic acids is 1. The summed E-state index contributed by atoms with van der Waals surface area (Å²) in [5.74, 6) is -0.779. The molecule has 3 rings (SSSR count). The van der Waals surface area contributed by atoms with Gasteiger partial charge < -0.3 is 14.8 Å². The first kappa shape index (κ1) is 24.6. The molecule has 0 saturated heterocycles. The van der Waals surface area contributed by atoms with E-state index in [2.05, 4.69) is 15.0 Å². The van der Waals surface area contributed by atoms with Crippen molar-refractivity contribution in [3.63, 3.8) is 0 Å². The number of methoxy groups -OCH3 is 1. The highest BCUT2D eigenvalue weighted by atomic mass is 32.2. The molecule has 2 aromatic carbocycles. The lowest BCUT2D eigenvalue weighted by Crippen LogP contribution is -2.27. The first-order valence-corrected chi connectivity index (χ1v) is 10.9. The van der Waals surface area contributed by atoms with Crippen molar-refractivity contribution in [1.82, 2.24) is 9.55 Å². The Labute approximate surface area is 191 Å². The van der Waals surface area contributed by atoms with Crippen LogP contribution in [0.25, 0.3) is 10.9 Å². The number of halogens is 3. The van der Waals surface area contributed by atoms with E-state index in [0.717, 1.165) is 23.9 Å². The van der Waals surface area contributed by atoms with Gasteiger partial charge in [-0.1, -0.05) is 23.9 Å². The minimum absolute atomic E-state index is 0.202. The van der Waals surface area contributed by atoms with Crippen LogP contribution in [-0.2, 0) is 16.1 Å². The molecule has 0 fully saturated rings. The molecule has 7 nitrogen and oxygen atoms in total. The summed E-state index contributed by atoms with van der Waals surface area (Å²) in [7, 11) is 1.57. The number of nitrogens with zero attached hydrogens (tertiary/aromatic N) is 2. The monoisotopic (exact) mass is 481 g/mol. The number of ether oxygens (including phenoxy) is 2. The molecular weight excluding hydrogens is 459 g/mol. The lowest BCUT2D eigenvalue weighted by molar-refractivity contribution is -0.274. The molecule has 1 N–H and O–H groups in total. The van der Waals surface area contributed by atoms with Gasteiger partial charge in [0.25, 0.3) is 5.56 Å². The van der Waals surface area contributed by atoms with Crippen molar-refractivity contribution in [3.8, 4) is 5.75 Å². The zero-order valence-electron chi connectivity index (χ0n) is 17.9. The molecule has 33 heavy (non-hydrogen) atoms. The smallest absolute Gasteiger partial charge is 0.406 e. The summed E-state index contributed by atoms with van der Waals surface area (Å²) in [5.41, 5.74) is 0.638. The maximum atomic E-state index is 13.0. The van der Waals surface area contributed by atoms with Crippen LogP contribution < -0.4 is 15.6 Å². The Bertz CT molecular complexity index is 1170. The SMILES string of the molecule is COCCCn1c(SC(C)C(=O)Nc2ccc(OC(F)(F)F)cc2)nc2ccccc2c1=O. The number of anilines is 1. The topological polar surface area (TPSA) is 82.4 Å². The largest absolute Gasteiger partial charge is 0.573 e. The number of aromatic nitrogens is 2. The van der Waals surface area contributed by atoms with Crippen LogP contribution in [0.5, 0.6) is 5.75 Å². The molecule has 1 atom stereocenters. The summed E-state index contributed by atoms with van der Waals surface area (Å²) >= 11 is 1.12. The van der Waals surface area contributed by atoms with E-state index in [1.807, 2.05) is 0 Å². The van der Waals surface area contributed by atoms with Gasteiger partial charge in [0.05, 0.1) is 16.2 Å². The molecule has 1 heterocycles. The molecule has 0 aliphatic carbocycles. The van der Waals surface area contributed by atoms with Crippen molar-refractivity contribution in [2.75, 3.05) is 19.0 Å². The highest BCUT2D eigenvalue weighted by molar-refractivity contribution is 8.00. The van der Waals surface area contributed by atoms with E-state index in [1.54, 1.807) is 38.3 Å². The van der Waals surface area contributed by atoms with Crippen LogP contribution in [0.15, 0.2) is 58.5 Å². The normalized spacial score (nSPS) is 12.5. The Balaban J connectivity index is 1.76. The first-order chi connectivity index (χ1) is 15.7. The lowest BCUT2D eigenvalue weighted by atomic mass is 10.2. The number of rotatable bonds is 9. The number of carbonyl (C=O) groups is 1. The van der Waals surface area contributed by atoms with Gasteiger partial charge in [0, 0.05) is 25.9 Å². The minimum Gasteiger partial charge on any atom is -0.406 e. The van der Waals surface area contributed by atoms with Gasteiger partial charge in [0.2, 0.25) is 5.91 Å². The molecule has 0 saturated carbocycles. The summed E-state index contributed by atoms with van der Waals surface area (Å²) in [6, 6.07) is 11.8. The fourth-order valence-electron chi connectivity index (χ4n) is 3.00. The number of hydrogen-bond donors (Lipinski definition) is 1. The van der Waals surface area contributed by atoms with Gasteiger partial charge in [-0.2, -0.15) is 0 Å². The molecule has 0 radical (unpaired) electrons. The maximum Gasteiger partial charge on any atom is 0.573 e. The van der Waals surface area contributed by atoms with Crippen molar-refractivity contribution in [2.45, 2.75) is 36.7 Å². The van der Waals surface area contributed by atoms with Crippen LogP contribution in [0.3, 0.4) is 0 Å². The number of benzene rings is 2. The third-order valence-corrected chi connectivity index (χ3v) is 5.65. The number of alkyl halides is 3. The Morgan fingerprint density at radius 1 is 1.18 bits per heavy atom. The van der Waals surface area contributed by atoms with Gasteiger partial charge in [0.1, 0.15) is 5.75 Å². The van der Waals surface area contributed by atoms with Crippen molar-refractivity contribution < 1.29 is 27.4 Å². The van der Waals surface area contributed by atoms with E-state index in [0.29, 0.717) is 41.3 Å². The molecular formula is C22H22F3N3O4S. The zero-order chi connectivity index (χ0) is 24.0. The number of thioether (sulfide) groups is 1. The fourth-order valence-corrected chi connectivity index (χ4v) is 3.93. The van der Waals surface area contributed by atoms with E-state index in [1.165, 1.54) is 16.7 Å². The van der Waals surface area contributed by atoms with Crippen molar-refractivity contribution in [2.24, 2.45) is 0 Å². The Hall–Kier alpha value is -3.05. The van der Waals surface area contributed by atoms with Crippen LogP contribution in [0.4, 0.5) is 18.9 Å². The number of fused-ring (bicyclic) bond motifs is 1. The van der Waals surface area contributed by atoms with Crippen LogP contribution >= 0.6 is 11.8 Å². The Morgan fingerprint density at radius 2 is 1.88 bits per heavy atom. The molecule has 176 valence electrons. The van der Waals surface area contributed by atoms with E-state index in [-0.39, 0.29) is 11.3 Å². The average molecular weight is 481 g/mol. The summed E-state index contributed by atoms with van der Waals surface area (Å²) in [6.45, 7) is 2.50. The van der Waals surface area contributed by atoms with Gasteiger partial charge in [-0.3, -0.25) is 14.2 Å². The Morgan fingerprint density at radius 3 is 2.55 bits per heavy atom. The quantitative estimate of drug-likeness (QED) is 0.276. The van der Waals surface area contributed by atoms with E-state index >= 15 is 0 Å². The van der Waals surface area contributed by atoms with E-state index in [9.17, 15) is 22.8 Å². The third kappa shape index (κ3) is 6.72. The molecule has 0 spiro atoms. The third-order valence-electron chi connectivity index (χ3n) is 4.56. The average Bonchev–Trinajstić information content (AvgIpc) is 2.76. The second kappa shape index (κ2) is 10.7. The minimum atomic E-state index is -4.79. The fraction of sp³-hybridized carbons (Fsp3) is 0.318. The molecule has 1 aromatic heterocycles. The summed E-state index contributed by atoms with van der Waals surface area (Å²) in [6.07, 6.45) is -4.20. The van der Waals surface area contributed by atoms with E-state index < -0.39 is 17.5 Å².